The van der Waals surface area contributed by atoms with Crippen LogP contribution in [0.5, 0.6) is 5.75 Å². The normalized spacial score (nSPS) is 15.5. The van der Waals surface area contributed by atoms with E-state index in [9.17, 15) is 23.9 Å². The van der Waals surface area contributed by atoms with Gasteiger partial charge in [0.15, 0.2) is 0 Å². The van der Waals surface area contributed by atoms with Crippen LogP contribution in [0.4, 0.5) is 14.9 Å². The summed E-state index contributed by atoms with van der Waals surface area (Å²) < 4.78 is 13.0. The Bertz CT molecular complexity index is 957. The van der Waals surface area contributed by atoms with Crippen molar-refractivity contribution >= 4 is 40.6 Å². The van der Waals surface area contributed by atoms with Gasteiger partial charge in [0.2, 0.25) is 5.91 Å². The van der Waals surface area contributed by atoms with Gasteiger partial charge in [-0.05, 0) is 60.2 Å². The maximum atomic E-state index is 13.0. The lowest BCUT2D eigenvalue weighted by atomic mass is 10.2. The molecule has 0 spiro atoms. The van der Waals surface area contributed by atoms with Gasteiger partial charge in [0.1, 0.15) is 18.1 Å². The molecule has 3 amide bonds. The number of phenolic OH excluding ortho intramolecular Hbond substituents is 1. The first-order valence-electron chi connectivity index (χ1n) is 7.94. The first-order valence-corrected chi connectivity index (χ1v) is 8.75. The molecule has 1 aliphatic rings. The van der Waals surface area contributed by atoms with E-state index in [0.717, 1.165) is 10.5 Å². The van der Waals surface area contributed by atoms with Gasteiger partial charge in [-0.25, -0.2) is 4.39 Å². The minimum Gasteiger partial charge on any atom is -0.506 e. The van der Waals surface area contributed by atoms with E-state index in [4.69, 9.17) is 0 Å². The van der Waals surface area contributed by atoms with Crippen molar-refractivity contribution in [1.29, 1.82) is 0 Å². The number of nitrogens with one attached hydrogen (secondary N) is 1. The molecule has 138 valence electrons. The number of thioether (sulfide) groups is 1. The number of carbonyl (C=O) groups is 3. The highest BCUT2D eigenvalue weighted by molar-refractivity contribution is 8.18. The quantitative estimate of drug-likeness (QED) is 0.620. The molecule has 6 nitrogen and oxygen atoms in total. The zero-order valence-corrected chi connectivity index (χ0v) is 15.0. The van der Waals surface area contributed by atoms with Crippen molar-refractivity contribution in [1.82, 2.24) is 4.90 Å². The Morgan fingerprint density at radius 3 is 2.63 bits per heavy atom. The molecule has 0 radical (unpaired) electrons. The fraction of sp³-hybridized carbons (Fsp3) is 0.105. The van der Waals surface area contributed by atoms with Crippen LogP contribution in [-0.4, -0.2) is 33.6 Å². The van der Waals surface area contributed by atoms with Gasteiger partial charge < -0.3 is 10.4 Å². The van der Waals surface area contributed by atoms with Gasteiger partial charge in [0.25, 0.3) is 11.1 Å². The third kappa shape index (κ3) is 4.35. The molecule has 2 N–H and O–H groups in total. The second kappa shape index (κ2) is 7.63. The number of anilines is 1. The summed E-state index contributed by atoms with van der Waals surface area (Å²) in [7, 11) is 0. The summed E-state index contributed by atoms with van der Waals surface area (Å²) in [5, 5.41) is 11.7. The third-order valence-corrected chi connectivity index (χ3v) is 4.68. The number of hydrogen-bond acceptors (Lipinski definition) is 5. The molecule has 1 aliphatic heterocycles. The molecule has 0 atom stereocenters. The Kier molecular flexibility index (Phi) is 5.27. The number of amides is 3. The summed E-state index contributed by atoms with van der Waals surface area (Å²) in [6.45, 7) is 1.32. The molecule has 1 fully saturated rings. The van der Waals surface area contributed by atoms with Crippen LogP contribution in [0.15, 0.2) is 47.4 Å². The van der Waals surface area contributed by atoms with Crippen LogP contribution in [0.1, 0.15) is 11.1 Å². The number of aromatic hydroxyl groups is 1. The molecule has 0 aromatic heterocycles. The van der Waals surface area contributed by atoms with E-state index < -0.39 is 29.4 Å². The molecule has 2 aromatic rings. The Labute approximate surface area is 158 Å². The van der Waals surface area contributed by atoms with Gasteiger partial charge in [-0.15, -0.1) is 0 Å². The monoisotopic (exact) mass is 386 g/mol. The SMILES string of the molecule is Cc1ccc(O)c(NC(=O)CN2C(=O)S/C(=C\c3ccc(F)cc3)C2=O)c1. The molecule has 0 aliphatic carbocycles. The molecule has 0 unspecified atom stereocenters. The molecule has 1 heterocycles. The first kappa shape index (κ1) is 18.7. The average Bonchev–Trinajstić information content (AvgIpc) is 2.87. The van der Waals surface area contributed by atoms with E-state index >= 15 is 0 Å². The highest BCUT2D eigenvalue weighted by atomic mass is 32.2. The van der Waals surface area contributed by atoms with Crippen molar-refractivity contribution in [2.24, 2.45) is 0 Å². The maximum Gasteiger partial charge on any atom is 0.294 e. The van der Waals surface area contributed by atoms with E-state index in [2.05, 4.69) is 5.32 Å². The number of benzene rings is 2. The van der Waals surface area contributed by atoms with Crippen LogP contribution in [-0.2, 0) is 9.59 Å². The number of rotatable bonds is 4. The summed E-state index contributed by atoms with van der Waals surface area (Å²) in [5.74, 6) is -1.73. The van der Waals surface area contributed by atoms with Crippen molar-refractivity contribution < 1.29 is 23.9 Å². The maximum absolute atomic E-state index is 13.0. The number of nitrogens with zero attached hydrogens (tertiary/aromatic N) is 1. The number of phenols is 1. The van der Waals surface area contributed by atoms with Crippen LogP contribution in [0, 0.1) is 12.7 Å². The molecule has 27 heavy (non-hydrogen) atoms. The molecular formula is C19H15FN2O4S. The van der Waals surface area contributed by atoms with Gasteiger partial charge >= 0.3 is 0 Å². The zero-order valence-electron chi connectivity index (χ0n) is 14.2. The second-order valence-electron chi connectivity index (χ2n) is 5.89. The summed E-state index contributed by atoms with van der Waals surface area (Å²) >= 11 is 0.710. The van der Waals surface area contributed by atoms with Crippen LogP contribution in [0.3, 0.4) is 0 Å². The number of carbonyl (C=O) groups excluding carboxylic acids is 3. The Morgan fingerprint density at radius 1 is 1.22 bits per heavy atom. The van der Waals surface area contributed by atoms with E-state index in [1.807, 2.05) is 0 Å². The lowest BCUT2D eigenvalue weighted by molar-refractivity contribution is -0.127. The Balaban J connectivity index is 1.71. The molecule has 0 saturated carbocycles. The summed E-state index contributed by atoms with van der Waals surface area (Å²) in [5.41, 5.74) is 1.60. The minimum atomic E-state index is -0.610. The predicted octanol–water partition coefficient (Wildman–Crippen LogP) is 3.51. The summed E-state index contributed by atoms with van der Waals surface area (Å²) in [6, 6.07) is 10.2. The third-order valence-electron chi connectivity index (χ3n) is 3.77. The molecule has 1 saturated heterocycles. The molecule has 0 bridgehead atoms. The Morgan fingerprint density at radius 2 is 1.93 bits per heavy atom. The van der Waals surface area contributed by atoms with Crippen LogP contribution in [0.2, 0.25) is 0 Å². The van der Waals surface area contributed by atoms with Crippen molar-refractivity contribution in [3.05, 3.63) is 64.3 Å². The summed E-state index contributed by atoms with van der Waals surface area (Å²) in [4.78, 5) is 37.7. The van der Waals surface area contributed by atoms with Crippen molar-refractivity contribution in [2.45, 2.75) is 6.92 Å². The van der Waals surface area contributed by atoms with Gasteiger partial charge in [0.05, 0.1) is 10.6 Å². The molecule has 3 rings (SSSR count). The van der Waals surface area contributed by atoms with E-state index in [1.54, 1.807) is 19.1 Å². The predicted molar refractivity (Wildman–Crippen MR) is 101 cm³/mol. The second-order valence-corrected chi connectivity index (χ2v) is 6.88. The van der Waals surface area contributed by atoms with Gasteiger partial charge in [0, 0.05) is 0 Å². The number of aryl methyl sites for hydroxylation is 1. The summed E-state index contributed by atoms with van der Waals surface area (Å²) in [6.07, 6.45) is 1.47. The molecule has 2 aromatic carbocycles. The van der Waals surface area contributed by atoms with Gasteiger partial charge in [-0.1, -0.05) is 18.2 Å². The topological polar surface area (TPSA) is 86.7 Å². The highest BCUT2D eigenvalue weighted by Crippen LogP contribution is 2.32. The van der Waals surface area contributed by atoms with Gasteiger partial charge in [-0.3, -0.25) is 19.3 Å². The van der Waals surface area contributed by atoms with Crippen molar-refractivity contribution in [3.8, 4) is 5.75 Å². The molecular weight excluding hydrogens is 371 g/mol. The standard InChI is InChI=1S/C19H15FN2O4S/c1-11-2-7-15(23)14(8-11)21-17(24)10-22-18(25)16(27-19(22)26)9-12-3-5-13(20)6-4-12/h2-9,23H,10H2,1H3,(H,21,24)/b16-9-. The van der Waals surface area contributed by atoms with E-state index in [0.29, 0.717) is 17.3 Å². The van der Waals surface area contributed by atoms with Crippen LogP contribution in [0.25, 0.3) is 6.08 Å². The Hall–Kier alpha value is -3.13. The lowest BCUT2D eigenvalue weighted by Crippen LogP contribution is -2.36. The van der Waals surface area contributed by atoms with Crippen molar-refractivity contribution in [3.63, 3.8) is 0 Å². The lowest BCUT2D eigenvalue weighted by Gasteiger charge is -2.13. The molecule has 8 heteroatoms. The fourth-order valence-electron chi connectivity index (χ4n) is 2.43. The van der Waals surface area contributed by atoms with Crippen LogP contribution >= 0.6 is 11.8 Å². The van der Waals surface area contributed by atoms with Crippen LogP contribution < -0.4 is 5.32 Å². The minimum absolute atomic E-state index is 0.112. The number of halogens is 1. The smallest absolute Gasteiger partial charge is 0.294 e. The fourth-order valence-corrected chi connectivity index (χ4v) is 3.27. The first-order chi connectivity index (χ1) is 12.8. The average molecular weight is 386 g/mol. The number of imide groups is 1. The van der Waals surface area contributed by atoms with E-state index in [1.165, 1.54) is 36.4 Å². The van der Waals surface area contributed by atoms with Gasteiger partial charge in [-0.2, -0.15) is 0 Å². The highest BCUT2D eigenvalue weighted by Gasteiger charge is 2.36. The largest absolute Gasteiger partial charge is 0.506 e. The zero-order chi connectivity index (χ0) is 19.6. The van der Waals surface area contributed by atoms with E-state index in [-0.39, 0.29) is 16.3 Å². The number of hydrogen-bond donors (Lipinski definition) is 2. The van der Waals surface area contributed by atoms with Crippen molar-refractivity contribution in [2.75, 3.05) is 11.9 Å².